The van der Waals surface area contributed by atoms with Gasteiger partial charge in [-0.2, -0.15) is 5.01 Å². The number of amides is 1. The summed E-state index contributed by atoms with van der Waals surface area (Å²) in [5.41, 5.74) is 2.81. The molecule has 0 spiro atoms. The van der Waals surface area contributed by atoms with Gasteiger partial charge in [0.05, 0.1) is 5.69 Å². The Morgan fingerprint density at radius 1 is 1.31 bits per heavy atom. The van der Waals surface area contributed by atoms with E-state index in [9.17, 15) is 4.79 Å². The fourth-order valence-corrected chi connectivity index (χ4v) is 1.73. The number of hydrazine groups is 1. The van der Waals surface area contributed by atoms with Gasteiger partial charge in [0.25, 0.3) is 11.1 Å². The summed E-state index contributed by atoms with van der Waals surface area (Å²) in [7, 11) is 0. The van der Waals surface area contributed by atoms with Crippen molar-refractivity contribution in [1.29, 1.82) is 0 Å². The molecule has 0 atom stereocenters. The maximum Gasteiger partial charge on any atom is 0.292 e. The smallest absolute Gasteiger partial charge is 0.292 e. The second-order valence-electron chi connectivity index (χ2n) is 4.00. The van der Waals surface area contributed by atoms with E-state index in [-0.39, 0.29) is 11.1 Å². The van der Waals surface area contributed by atoms with Crippen LogP contribution in [0.4, 0.5) is 5.69 Å². The molecule has 4 nitrogen and oxygen atoms in total. The van der Waals surface area contributed by atoms with Crippen LogP contribution in [0.15, 0.2) is 30.3 Å². The minimum atomic E-state index is -0.890. The van der Waals surface area contributed by atoms with Crippen LogP contribution in [0.25, 0.3) is 0 Å². The lowest BCUT2D eigenvalue weighted by molar-refractivity contribution is -0.133. The van der Waals surface area contributed by atoms with E-state index in [4.69, 9.17) is 17.0 Å². The number of nitrogens with zero attached hydrogens (tertiary/aromatic N) is 1. The van der Waals surface area contributed by atoms with Gasteiger partial charge in [0.2, 0.25) is 0 Å². The molecule has 16 heavy (non-hydrogen) atoms. The molecule has 2 rings (SSSR count). The fourth-order valence-electron chi connectivity index (χ4n) is 1.40. The molecule has 0 bridgehead atoms. The van der Waals surface area contributed by atoms with E-state index >= 15 is 0 Å². The Hall–Kier alpha value is -1.62. The molecule has 1 amide bonds. The van der Waals surface area contributed by atoms with Gasteiger partial charge in [0.1, 0.15) is 0 Å². The first-order chi connectivity index (χ1) is 7.50. The van der Waals surface area contributed by atoms with E-state index in [0.29, 0.717) is 0 Å². The molecule has 0 unspecified atom stereocenters. The van der Waals surface area contributed by atoms with E-state index in [1.165, 1.54) is 5.01 Å². The number of ether oxygens (including phenoxy) is 1. The van der Waals surface area contributed by atoms with Crippen molar-refractivity contribution >= 4 is 29.0 Å². The number of carbonyl (C=O) groups is 1. The first-order valence-corrected chi connectivity index (χ1v) is 5.31. The third kappa shape index (κ3) is 1.86. The number of hydrogen-bond donors (Lipinski definition) is 1. The highest BCUT2D eigenvalue weighted by Crippen LogP contribution is 2.24. The van der Waals surface area contributed by atoms with Crippen LogP contribution in [0.1, 0.15) is 13.8 Å². The van der Waals surface area contributed by atoms with Crippen molar-refractivity contribution in [3.8, 4) is 0 Å². The summed E-state index contributed by atoms with van der Waals surface area (Å²) >= 11 is 4.99. The molecule has 5 heteroatoms. The Bertz CT molecular complexity index is 431. The molecule has 1 heterocycles. The number of thiocarbonyl (C=S) groups is 1. The van der Waals surface area contributed by atoms with Crippen molar-refractivity contribution < 1.29 is 9.53 Å². The zero-order valence-corrected chi connectivity index (χ0v) is 9.88. The van der Waals surface area contributed by atoms with Gasteiger partial charge in [-0.1, -0.05) is 18.2 Å². The van der Waals surface area contributed by atoms with Crippen LogP contribution in [-0.4, -0.2) is 21.7 Å². The lowest BCUT2D eigenvalue weighted by atomic mass is 10.1. The van der Waals surface area contributed by atoms with Gasteiger partial charge < -0.3 is 4.74 Å². The Morgan fingerprint density at radius 2 is 1.94 bits per heavy atom. The van der Waals surface area contributed by atoms with Crippen LogP contribution in [0, 0.1) is 0 Å². The molecule has 1 aromatic rings. The minimum absolute atomic E-state index is 0.152. The molecule has 0 saturated carbocycles. The summed E-state index contributed by atoms with van der Waals surface area (Å²) < 4.78 is 5.29. The van der Waals surface area contributed by atoms with Gasteiger partial charge in [-0.25, -0.2) is 0 Å². The summed E-state index contributed by atoms with van der Waals surface area (Å²) in [5, 5.41) is 1.41. The van der Waals surface area contributed by atoms with E-state index in [1.807, 2.05) is 30.3 Å². The highest BCUT2D eigenvalue weighted by molar-refractivity contribution is 7.80. The first-order valence-electron chi connectivity index (χ1n) is 4.90. The number of hydrogen-bond acceptors (Lipinski definition) is 4. The Kier molecular flexibility index (Phi) is 2.55. The monoisotopic (exact) mass is 236 g/mol. The van der Waals surface area contributed by atoms with Gasteiger partial charge in [-0.3, -0.25) is 10.2 Å². The summed E-state index contributed by atoms with van der Waals surface area (Å²) in [6.45, 7) is 3.38. The quantitative estimate of drug-likeness (QED) is 0.797. The molecule has 1 aliphatic rings. The maximum atomic E-state index is 11.9. The molecule has 1 N–H and O–H groups in total. The molecule has 1 aliphatic heterocycles. The van der Waals surface area contributed by atoms with E-state index < -0.39 is 5.60 Å². The predicted molar refractivity (Wildman–Crippen MR) is 64.7 cm³/mol. The van der Waals surface area contributed by atoms with Crippen LogP contribution in [-0.2, 0) is 9.53 Å². The normalized spacial score (nSPS) is 18.5. The van der Waals surface area contributed by atoms with Crippen molar-refractivity contribution in [3.63, 3.8) is 0 Å². The van der Waals surface area contributed by atoms with Crippen molar-refractivity contribution in [2.45, 2.75) is 19.4 Å². The maximum absolute atomic E-state index is 11.9. The third-order valence-corrected chi connectivity index (χ3v) is 2.52. The second kappa shape index (κ2) is 3.75. The molecule has 1 fully saturated rings. The number of anilines is 1. The van der Waals surface area contributed by atoms with Crippen molar-refractivity contribution in [2.24, 2.45) is 0 Å². The summed E-state index contributed by atoms with van der Waals surface area (Å²) in [6.07, 6.45) is 0. The number of para-hydroxylation sites is 1. The summed E-state index contributed by atoms with van der Waals surface area (Å²) in [4.78, 5) is 11.9. The number of rotatable bonds is 2. The van der Waals surface area contributed by atoms with E-state index in [0.717, 1.165) is 5.69 Å². The highest BCUT2D eigenvalue weighted by Gasteiger charge is 2.45. The Labute approximate surface area is 99.2 Å². The van der Waals surface area contributed by atoms with Gasteiger partial charge in [0, 0.05) is 0 Å². The van der Waals surface area contributed by atoms with Crippen LogP contribution in [0.3, 0.4) is 0 Å². The number of carbonyl (C=O) groups excluding carboxylic acids is 1. The van der Waals surface area contributed by atoms with Gasteiger partial charge in [0.15, 0.2) is 5.60 Å². The fraction of sp³-hybridized carbons (Fsp3) is 0.273. The minimum Gasteiger partial charge on any atom is -0.453 e. The van der Waals surface area contributed by atoms with Crippen molar-refractivity contribution in [3.05, 3.63) is 30.3 Å². The van der Waals surface area contributed by atoms with Gasteiger partial charge >= 0.3 is 0 Å². The molecule has 84 valence electrons. The summed E-state index contributed by atoms with van der Waals surface area (Å²) in [5.74, 6) is -0.193. The SMILES string of the molecule is CC1(C)OC(=S)N(Nc2ccccc2)C1=O. The zero-order valence-electron chi connectivity index (χ0n) is 9.06. The van der Waals surface area contributed by atoms with Crippen LogP contribution < -0.4 is 5.43 Å². The van der Waals surface area contributed by atoms with Gasteiger partial charge in [-0.15, -0.1) is 0 Å². The van der Waals surface area contributed by atoms with E-state index in [1.54, 1.807) is 13.8 Å². The molecule has 1 saturated heterocycles. The standard InChI is InChI=1S/C11H12N2O2S/c1-11(2)9(14)13(10(16)15-11)12-8-6-4-3-5-7-8/h3-7,12H,1-2H3. The molecular formula is C11H12N2O2S. The summed E-state index contributed by atoms with van der Waals surface area (Å²) in [6, 6.07) is 9.34. The lowest BCUT2D eigenvalue weighted by Gasteiger charge is -2.16. The average Bonchev–Trinajstić information content (AvgIpc) is 2.42. The number of benzene rings is 1. The van der Waals surface area contributed by atoms with Crippen molar-refractivity contribution in [1.82, 2.24) is 5.01 Å². The van der Waals surface area contributed by atoms with Gasteiger partial charge in [-0.05, 0) is 38.2 Å². The Morgan fingerprint density at radius 3 is 2.44 bits per heavy atom. The second-order valence-corrected chi connectivity index (χ2v) is 4.35. The molecule has 0 aliphatic carbocycles. The topological polar surface area (TPSA) is 41.6 Å². The highest BCUT2D eigenvalue weighted by atomic mass is 32.1. The average molecular weight is 236 g/mol. The predicted octanol–water partition coefficient (Wildman–Crippen LogP) is 1.94. The lowest BCUT2D eigenvalue weighted by Crippen LogP contribution is -2.39. The third-order valence-electron chi connectivity index (χ3n) is 2.26. The first kappa shape index (κ1) is 10.9. The van der Waals surface area contributed by atoms with Crippen LogP contribution >= 0.6 is 12.2 Å². The molecular weight excluding hydrogens is 224 g/mol. The van der Waals surface area contributed by atoms with E-state index in [2.05, 4.69) is 5.43 Å². The molecule has 0 aromatic heterocycles. The van der Waals surface area contributed by atoms with Crippen molar-refractivity contribution in [2.75, 3.05) is 5.43 Å². The Balaban J connectivity index is 2.18. The number of nitrogens with one attached hydrogen (secondary N) is 1. The van der Waals surface area contributed by atoms with Crippen LogP contribution in [0.2, 0.25) is 0 Å². The molecule has 1 aromatic carbocycles. The van der Waals surface area contributed by atoms with Crippen LogP contribution in [0.5, 0.6) is 0 Å². The zero-order chi connectivity index (χ0) is 11.8. The largest absolute Gasteiger partial charge is 0.453 e. The molecule has 0 radical (unpaired) electrons.